The van der Waals surface area contributed by atoms with Gasteiger partial charge in [0.15, 0.2) is 0 Å². The third-order valence-electron chi connectivity index (χ3n) is 4.68. The molecule has 2 rings (SSSR count). The summed E-state index contributed by atoms with van der Waals surface area (Å²) in [6, 6.07) is 1.76. The van der Waals surface area contributed by atoms with E-state index in [1.54, 1.807) is 0 Å². The predicted molar refractivity (Wildman–Crippen MR) is 69.8 cm³/mol. The van der Waals surface area contributed by atoms with Crippen molar-refractivity contribution in [1.29, 1.82) is 0 Å². The number of piperidine rings is 2. The Bertz CT molecular complexity index is 183. The Morgan fingerprint density at radius 1 is 0.750 bits per heavy atom. The van der Waals surface area contributed by atoms with Gasteiger partial charge in [-0.15, -0.1) is 0 Å². The van der Waals surface area contributed by atoms with E-state index in [2.05, 4.69) is 23.9 Å². The Kier molecular flexibility index (Phi) is 4.66. The molecule has 2 unspecified atom stereocenters. The smallest absolute Gasteiger partial charge is 0.00927 e. The van der Waals surface area contributed by atoms with Crippen molar-refractivity contribution in [3.05, 3.63) is 0 Å². The monoisotopic (exact) mass is 224 g/mol. The zero-order valence-electron chi connectivity index (χ0n) is 11.1. The minimum atomic E-state index is 0.879. The summed E-state index contributed by atoms with van der Waals surface area (Å²) in [5.74, 6) is 0. The van der Waals surface area contributed by atoms with Crippen LogP contribution in [0.4, 0.5) is 0 Å². The second-order valence-electron chi connectivity index (χ2n) is 5.84. The molecule has 94 valence electrons. The van der Waals surface area contributed by atoms with Crippen LogP contribution in [0.15, 0.2) is 0 Å². The van der Waals surface area contributed by atoms with E-state index in [0.29, 0.717) is 0 Å². The third kappa shape index (κ3) is 3.21. The highest BCUT2D eigenvalue weighted by Gasteiger charge is 2.23. The Morgan fingerprint density at radius 3 is 1.56 bits per heavy atom. The standard InChI is InChI=1S/C14H28N2/c1-15-11-5-3-7-13(15)9-10-14-8-4-6-12-16(14)2/h13-14H,3-12H2,1-2H3. The number of likely N-dealkylation sites (tertiary alicyclic amines) is 2. The summed E-state index contributed by atoms with van der Waals surface area (Å²) in [7, 11) is 4.63. The molecule has 2 atom stereocenters. The van der Waals surface area contributed by atoms with Gasteiger partial charge in [-0.1, -0.05) is 12.8 Å². The Labute approximate surface area is 101 Å². The Morgan fingerprint density at radius 2 is 1.19 bits per heavy atom. The van der Waals surface area contributed by atoms with Crippen LogP contribution in [0.3, 0.4) is 0 Å². The van der Waals surface area contributed by atoms with E-state index in [4.69, 9.17) is 0 Å². The molecule has 0 aliphatic carbocycles. The first-order valence-electron chi connectivity index (χ1n) is 7.18. The first-order valence-corrected chi connectivity index (χ1v) is 7.18. The van der Waals surface area contributed by atoms with Crippen LogP contribution < -0.4 is 0 Å². The first kappa shape index (κ1) is 12.4. The maximum absolute atomic E-state index is 2.59. The molecule has 0 aromatic heterocycles. The van der Waals surface area contributed by atoms with Crippen molar-refractivity contribution >= 4 is 0 Å². The SMILES string of the molecule is CN1CCCCC1CCC1CCCCN1C. The zero-order chi connectivity index (χ0) is 11.4. The van der Waals surface area contributed by atoms with Gasteiger partial charge in [0, 0.05) is 12.1 Å². The molecule has 2 nitrogen and oxygen atoms in total. The summed E-state index contributed by atoms with van der Waals surface area (Å²) in [6.07, 6.45) is 11.5. The van der Waals surface area contributed by atoms with Crippen molar-refractivity contribution in [2.24, 2.45) is 0 Å². The third-order valence-corrected chi connectivity index (χ3v) is 4.68. The molecule has 0 amide bonds. The van der Waals surface area contributed by atoms with Crippen LogP contribution in [0.1, 0.15) is 51.4 Å². The van der Waals surface area contributed by atoms with Gasteiger partial charge in [0.2, 0.25) is 0 Å². The highest BCUT2D eigenvalue weighted by atomic mass is 15.1. The van der Waals surface area contributed by atoms with Crippen LogP contribution in [0, 0.1) is 0 Å². The van der Waals surface area contributed by atoms with Crippen molar-refractivity contribution in [1.82, 2.24) is 9.80 Å². The van der Waals surface area contributed by atoms with Gasteiger partial charge in [0.25, 0.3) is 0 Å². The molecule has 0 saturated carbocycles. The molecule has 0 N–H and O–H groups in total. The molecule has 0 spiro atoms. The van der Waals surface area contributed by atoms with E-state index < -0.39 is 0 Å². The normalized spacial score (nSPS) is 34.1. The summed E-state index contributed by atoms with van der Waals surface area (Å²) in [5.41, 5.74) is 0. The van der Waals surface area contributed by atoms with Gasteiger partial charge in [0.1, 0.15) is 0 Å². The highest BCUT2D eigenvalue weighted by molar-refractivity contribution is 4.79. The second-order valence-corrected chi connectivity index (χ2v) is 5.84. The molecule has 2 aliphatic heterocycles. The molecular weight excluding hydrogens is 196 g/mol. The summed E-state index contributed by atoms with van der Waals surface area (Å²) < 4.78 is 0. The zero-order valence-corrected chi connectivity index (χ0v) is 11.1. The van der Waals surface area contributed by atoms with E-state index in [0.717, 1.165) is 12.1 Å². The second kappa shape index (κ2) is 6.02. The van der Waals surface area contributed by atoms with Gasteiger partial charge >= 0.3 is 0 Å². The topological polar surface area (TPSA) is 6.48 Å². The number of hydrogen-bond acceptors (Lipinski definition) is 2. The van der Waals surface area contributed by atoms with Gasteiger partial charge < -0.3 is 9.80 Å². The quantitative estimate of drug-likeness (QED) is 0.727. The fourth-order valence-corrected chi connectivity index (χ4v) is 3.40. The Hall–Kier alpha value is -0.0800. The molecule has 16 heavy (non-hydrogen) atoms. The fourth-order valence-electron chi connectivity index (χ4n) is 3.40. The van der Waals surface area contributed by atoms with Crippen LogP contribution in [-0.4, -0.2) is 49.1 Å². The van der Waals surface area contributed by atoms with Crippen LogP contribution in [0.2, 0.25) is 0 Å². The largest absolute Gasteiger partial charge is 0.303 e. The number of nitrogens with zero attached hydrogens (tertiary/aromatic N) is 2. The maximum atomic E-state index is 2.59. The molecule has 0 aromatic carbocycles. The van der Waals surface area contributed by atoms with Crippen LogP contribution in [-0.2, 0) is 0 Å². The van der Waals surface area contributed by atoms with E-state index in [9.17, 15) is 0 Å². The first-order chi connectivity index (χ1) is 7.77. The number of hydrogen-bond donors (Lipinski definition) is 0. The Balaban J connectivity index is 1.72. The van der Waals surface area contributed by atoms with Crippen molar-refractivity contribution in [3.63, 3.8) is 0 Å². The lowest BCUT2D eigenvalue weighted by Gasteiger charge is -2.36. The van der Waals surface area contributed by atoms with E-state index >= 15 is 0 Å². The van der Waals surface area contributed by atoms with Crippen LogP contribution in [0.25, 0.3) is 0 Å². The molecular formula is C14H28N2. The molecule has 0 bridgehead atoms. The van der Waals surface area contributed by atoms with Crippen molar-refractivity contribution in [3.8, 4) is 0 Å². The molecule has 2 fully saturated rings. The van der Waals surface area contributed by atoms with E-state index in [-0.39, 0.29) is 0 Å². The fraction of sp³-hybridized carbons (Fsp3) is 1.00. The summed E-state index contributed by atoms with van der Waals surface area (Å²) in [5, 5.41) is 0. The average molecular weight is 224 g/mol. The van der Waals surface area contributed by atoms with Gasteiger partial charge in [0.05, 0.1) is 0 Å². The molecule has 2 saturated heterocycles. The molecule has 2 heterocycles. The lowest BCUT2D eigenvalue weighted by Crippen LogP contribution is -2.40. The maximum Gasteiger partial charge on any atom is 0.00927 e. The lowest BCUT2D eigenvalue weighted by molar-refractivity contribution is 0.135. The summed E-state index contributed by atoms with van der Waals surface area (Å²) in [6.45, 7) is 2.65. The van der Waals surface area contributed by atoms with Gasteiger partial charge in [-0.25, -0.2) is 0 Å². The van der Waals surface area contributed by atoms with Gasteiger partial charge in [-0.05, 0) is 65.7 Å². The minimum Gasteiger partial charge on any atom is -0.303 e. The lowest BCUT2D eigenvalue weighted by atomic mass is 9.93. The molecule has 2 aliphatic rings. The van der Waals surface area contributed by atoms with Crippen LogP contribution in [0.5, 0.6) is 0 Å². The summed E-state index contributed by atoms with van der Waals surface area (Å²) in [4.78, 5) is 5.18. The molecule has 2 heteroatoms. The highest BCUT2D eigenvalue weighted by Crippen LogP contribution is 2.24. The molecule has 0 radical (unpaired) electrons. The van der Waals surface area contributed by atoms with Crippen molar-refractivity contribution in [2.75, 3.05) is 27.2 Å². The average Bonchev–Trinajstić information content (AvgIpc) is 2.30. The van der Waals surface area contributed by atoms with Crippen LogP contribution >= 0.6 is 0 Å². The predicted octanol–water partition coefficient (Wildman–Crippen LogP) is 2.74. The van der Waals surface area contributed by atoms with Crippen molar-refractivity contribution in [2.45, 2.75) is 63.5 Å². The van der Waals surface area contributed by atoms with Crippen molar-refractivity contribution < 1.29 is 0 Å². The van der Waals surface area contributed by atoms with E-state index in [1.165, 1.54) is 64.5 Å². The van der Waals surface area contributed by atoms with E-state index in [1.807, 2.05) is 0 Å². The van der Waals surface area contributed by atoms with Gasteiger partial charge in [-0.3, -0.25) is 0 Å². The number of rotatable bonds is 3. The summed E-state index contributed by atoms with van der Waals surface area (Å²) >= 11 is 0. The minimum absolute atomic E-state index is 0.879. The molecule has 0 aromatic rings. The van der Waals surface area contributed by atoms with Gasteiger partial charge in [-0.2, -0.15) is 0 Å².